The minimum Gasteiger partial charge on any atom is -0.361 e. The molecule has 0 spiro atoms. The number of H-pyrrole nitrogens is 1. The summed E-state index contributed by atoms with van der Waals surface area (Å²) in [6, 6.07) is 7.45. The van der Waals surface area contributed by atoms with Crippen LogP contribution < -0.4 is 10.6 Å². The first-order valence-electron chi connectivity index (χ1n) is 14.1. The summed E-state index contributed by atoms with van der Waals surface area (Å²) in [5, 5.41) is 0.977. The van der Waals surface area contributed by atoms with Gasteiger partial charge >= 0.3 is 5.69 Å². The molecule has 1 amide bonds. The maximum atomic E-state index is 16.1. The fourth-order valence-electron chi connectivity index (χ4n) is 5.92. The number of anilines is 1. The zero-order valence-corrected chi connectivity index (χ0v) is 24.4. The lowest BCUT2D eigenvalue weighted by Gasteiger charge is -2.40. The summed E-state index contributed by atoms with van der Waals surface area (Å²) in [6.45, 7) is 12.4. The number of aryl methyl sites for hydroxylation is 1. The van der Waals surface area contributed by atoms with Crippen molar-refractivity contribution in [3.8, 4) is 16.9 Å². The largest absolute Gasteiger partial charge is 0.361 e. The maximum Gasteiger partial charge on any atom is 0.355 e. The van der Waals surface area contributed by atoms with E-state index in [-0.39, 0.29) is 46.0 Å². The van der Waals surface area contributed by atoms with Gasteiger partial charge in [0.25, 0.3) is 0 Å². The van der Waals surface area contributed by atoms with Crippen molar-refractivity contribution < 1.29 is 13.6 Å². The van der Waals surface area contributed by atoms with Gasteiger partial charge in [0, 0.05) is 43.5 Å². The summed E-state index contributed by atoms with van der Waals surface area (Å²) in [5.74, 6) is -1.41. The fraction of sp³-hybridized carbons (Fsp3) is 0.281. The minimum absolute atomic E-state index is 0.0313. The lowest BCUT2D eigenvalue weighted by molar-refractivity contribution is -0.126. The Hall–Kier alpha value is -4.93. The first-order chi connectivity index (χ1) is 20.6. The number of fused-ring (bicyclic) bond motifs is 2. The lowest BCUT2D eigenvalue weighted by Crippen LogP contribution is -2.54. The van der Waals surface area contributed by atoms with Crippen LogP contribution in [0.5, 0.6) is 0 Å². The third kappa shape index (κ3) is 4.65. The Balaban J connectivity index is 1.67. The van der Waals surface area contributed by atoms with Crippen LogP contribution in [0.2, 0.25) is 0 Å². The second kappa shape index (κ2) is 10.7. The number of pyridine rings is 2. The summed E-state index contributed by atoms with van der Waals surface area (Å²) in [6.07, 6.45) is 4.59. The van der Waals surface area contributed by atoms with Gasteiger partial charge in [-0.3, -0.25) is 9.78 Å². The Morgan fingerprint density at radius 1 is 1.14 bits per heavy atom. The van der Waals surface area contributed by atoms with E-state index in [1.165, 1.54) is 22.8 Å². The number of carbonyl (C=O) groups is 1. The van der Waals surface area contributed by atoms with Crippen molar-refractivity contribution in [2.75, 3.05) is 24.5 Å². The highest BCUT2D eigenvalue weighted by Crippen LogP contribution is 2.36. The van der Waals surface area contributed by atoms with E-state index in [2.05, 4.69) is 21.5 Å². The molecule has 6 rings (SSSR count). The molecule has 220 valence electrons. The molecule has 1 aromatic carbocycles. The average Bonchev–Trinajstić information content (AvgIpc) is 3.46. The number of hydrogen-bond acceptors (Lipinski definition) is 6. The summed E-state index contributed by atoms with van der Waals surface area (Å²) < 4.78 is 32.9. The van der Waals surface area contributed by atoms with Gasteiger partial charge in [0.15, 0.2) is 11.5 Å². The molecule has 5 aromatic rings. The van der Waals surface area contributed by atoms with E-state index < -0.39 is 17.3 Å². The molecule has 1 atom stereocenters. The third-order valence-electron chi connectivity index (χ3n) is 8.03. The van der Waals surface area contributed by atoms with Crippen LogP contribution >= 0.6 is 0 Å². The Morgan fingerprint density at radius 3 is 2.65 bits per heavy atom. The van der Waals surface area contributed by atoms with E-state index in [0.29, 0.717) is 41.9 Å². The highest BCUT2D eigenvalue weighted by Gasteiger charge is 2.31. The van der Waals surface area contributed by atoms with E-state index in [1.54, 1.807) is 35.5 Å². The normalized spacial score (nSPS) is 15.6. The molecule has 0 radical (unpaired) electrons. The van der Waals surface area contributed by atoms with Gasteiger partial charge in [-0.2, -0.15) is 4.98 Å². The SMILES string of the molecule is C=CC(=O)N1CCN(c2nc(=O)n(-c3c(C)ccnc3C(C)C)c3nc(-c4c(F)ccc5cc[nH]c45)c(F)cc23)[C@@H](C)C1. The summed E-state index contributed by atoms with van der Waals surface area (Å²) in [5.41, 5.74) is 1.54. The molecule has 1 aliphatic rings. The van der Waals surface area contributed by atoms with Crippen LogP contribution in [0.25, 0.3) is 38.9 Å². The Labute approximate surface area is 246 Å². The predicted molar refractivity (Wildman–Crippen MR) is 163 cm³/mol. The van der Waals surface area contributed by atoms with Crippen LogP contribution in [0.3, 0.4) is 0 Å². The van der Waals surface area contributed by atoms with Crippen LogP contribution in [0, 0.1) is 18.6 Å². The number of aromatic amines is 1. The number of halogens is 2. The quantitative estimate of drug-likeness (QED) is 0.284. The average molecular weight is 584 g/mol. The second-order valence-corrected chi connectivity index (χ2v) is 11.2. The van der Waals surface area contributed by atoms with E-state index >= 15 is 8.78 Å². The van der Waals surface area contributed by atoms with Gasteiger partial charge in [0.1, 0.15) is 17.3 Å². The van der Waals surface area contributed by atoms with E-state index in [4.69, 9.17) is 4.98 Å². The van der Waals surface area contributed by atoms with Crippen LogP contribution in [-0.4, -0.2) is 61.0 Å². The molecule has 4 aromatic heterocycles. The van der Waals surface area contributed by atoms with Crippen molar-refractivity contribution in [2.24, 2.45) is 0 Å². The maximum absolute atomic E-state index is 16.1. The topological polar surface area (TPSA) is 100 Å². The molecule has 9 nitrogen and oxygen atoms in total. The van der Waals surface area contributed by atoms with Crippen LogP contribution in [-0.2, 0) is 4.79 Å². The number of piperazine rings is 1. The highest BCUT2D eigenvalue weighted by atomic mass is 19.1. The standard InChI is InChI=1S/C32H31F2N7O2/c1-6-24(42)39-13-14-40(19(5)16-39)30-21-15-23(34)28(25-22(33)8-7-20-10-12-36-27(20)25)37-31(21)41(32(43)38-30)29-18(4)9-11-35-26(29)17(2)3/h6-12,15,17,19,36H,1,13-14,16H2,2-5H3/t19-/m0/s1. The zero-order chi connectivity index (χ0) is 30.6. The lowest BCUT2D eigenvalue weighted by atomic mass is 10.0. The van der Waals surface area contributed by atoms with Crippen molar-refractivity contribution in [3.05, 3.63) is 88.8 Å². The minimum atomic E-state index is -0.762. The molecule has 1 fully saturated rings. The van der Waals surface area contributed by atoms with Crippen molar-refractivity contribution in [1.29, 1.82) is 0 Å². The smallest absolute Gasteiger partial charge is 0.355 e. The Bertz CT molecular complexity index is 1980. The molecule has 0 unspecified atom stereocenters. The third-order valence-corrected chi connectivity index (χ3v) is 8.03. The first kappa shape index (κ1) is 28.2. The van der Waals surface area contributed by atoms with E-state index in [9.17, 15) is 9.59 Å². The number of nitrogens with zero attached hydrogens (tertiary/aromatic N) is 6. The second-order valence-electron chi connectivity index (χ2n) is 11.2. The van der Waals surface area contributed by atoms with Crippen LogP contribution in [0.15, 0.2) is 60.2 Å². The van der Waals surface area contributed by atoms with Crippen LogP contribution in [0.1, 0.15) is 37.9 Å². The number of carbonyl (C=O) groups excluding carboxylic acids is 1. The summed E-state index contributed by atoms with van der Waals surface area (Å²) in [7, 11) is 0. The highest BCUT2D eigenvalue weighted by molar-refractivity contribution is 5.96. The molecule has 43 heavy (non-hydrogen) atoms. The predicted octanol–water partition coefficient (Wildman–Crippen LogP) is 5.26. The molecule has 0 saturated carbocycles. The van der Waals surface area contributed by atoms with Gasteiger partial charge in [-0.15, -0.1) is 0 Å². The van der Waals surface area contributed by atoms with Gasteiger partial charge < -0.3 is 14.8 Å². The number of hydrogen-bond donors (Lipinski definition) is 1. The molecule has 0 bridgehead atoms. The van der Waals surface area contributed by atoms with Crippen molar-refractivity contribution in [2.45, 2.75) is 39.7 Å². The summed E-state index contributed by atoms with van der Waals surface area (Å²) in [4.78, 5) is 46.6. The zero-order valence-electron chi connectivity index (χ0n) is 24.4. The summed E-state index contributed by atoms with van der Waals surface area (Å²) >= 11 is 0. The van der Waals surface area contributed by atoms with E-state index in [0.717, 1.165) is 5.56 Å². The Kier molecular flexibility index (Phi) is 7.03. The van der Waals surface area contributed by atoms with Crippen molar-refractivity contribution in [3.63, 3.8) is 0 Å². The van der Waals surface area contributed by atoms with Gasteiger partial charge in [-0.05, 0) is 61.7 Å². The van der Waals surface area contributed by atoms with E-state index in [1.807, 2.05) is 32.6 Å². The van der Waals surface area contributed by atoms with Crippen LogP contribution in [0.4, 0.5) is 14.6 Å². The number of aromatic nitrogens is 5. The number of rotatable bonds is 5. The molecular formula is C32H31F2N7O2. The van der Waals surface area contributed by atoms with Gasteiger partial charge in [-0.1, -0.05) is 20.4 Å². The first-order valence-corrected chi connectivity index (χ1v) is 14.1. The van der Waals surface area contributed by atoms with Gasteiger partial charge in [-0.25, -0.2) is 23.1 Å². The molecule has 1 N–H and O–H groups in total. The number of nitrogens with one attached hydrogen (secondary N) is 1. The molecule has 0 aliphatic carbocycles. The van der Waals surface area contributed by atoms with Crippen molar-refractivity contribution >= 4 is 33.7 Å². The molecule has 11 heteroatoms. The molecular weight excluding hydrogens is 552 g/mol. The van der Waals surface area contributed by atoms with Gasteiger partial charge in [0.2, 0.25) is 5.91 Å². The number of benzene rings is 1. The van der Waals surface area contributed by atoms with Gasteiger partial charge in [0.05, 0.1) is 27.8 Å². The molecule has 1 aliphatic heterocycles. The monoisotopic (exact) mass is 583 g/mol. The molecule has 5 heterocycles. The Morgan fingerprint density at radius 2 is 1.93 bits per heavy atom. The molecule has 1 saturated heterocycles. The van der Waals surface area contributed by atoms with Crippen molar-refractivity contribution in [1.82, 2.24) is 29.4 Å². The fourth-order valence-corrected chi connectivity index (χ4v) is 5.92. The number of amides is 1.